The molecule has 1 saturated carbocycles. The van der Waals surface area contributed by atoms with Crippen molar-refractivity contribution in [3.63, 3.8) is 0 Å². The zero-order valence-electron chi connectivity index (χ0n) is 29.4. The van der Waals surface area contributed by atoms with Crippen LogP contribution in [0.25, 0.3) is 0 Å². The molecule has 51 heavy (non-hydrogen) atoms. The number of thioether (sulfide) groups is 2. The van der Waals surface area contributed by atoms with Crippen molar-refractivity contribution in [1.82, 2.24) is 26.6 Å². The standard InChI is InChI=1S/C35H51N5O9S2/c1-4-11-24(30(42)33(45)36-19-26(41)39-29(34(46)47)23-14-9-6-10-15-23)37-31(43)25(18-27-50-16-17-51-27)38-32(44)28(22-12-7-5-8-13-22)40-35(48)49-20-21(2)3/h6,9-10,14-15,21-22,24-25,27-29H,4-5,7-8,11-13,16-20H2,1-3H3,(H,36,45)(H,37,43)(H,38,44)(H,39,41)(H,40,48)(H,46,47). The smallest absolute Gasteiger partial charge is 0.407 e. The summed E-state index contributed by atoms with van der Waals surface area (Å²) in [7, 11) is 0. The Labute approximate surface area is 307 Å². The van der Waals surface area contributed by atoms with Gasteiger partial charge in [-0.2, -0.15) is 0 Å². The van der Waals surface area contributed by atoms with Crippen LogP contribution in [0.1, 0.15) is 83.7 Å². The average molecular weight is 750 g/mol. The Morgan fingerprint density at radius 3 is 2.12 bits per heavy atom. The maximum Gasteiger partial charge on any atom is 0.407 e. The number of Topliss-reactive ketones (excluding diaryl/α,β-unsaturated/α-hetero) is 1. The number of benzene rings is 1. The van der Waals surface area contributed by atoms with E-state index in [1.54, 1.807) is 48.6 Å². The Morgan fingerprint density at radius 1 is 0.863 bits per heavy atom. The summed E-state index contributed by atoms with van der Waals surface area (Å²) in [6, 6.07) is 3.42. The van der Waals surface area contributed by atoms with E-state index in [-0.39, 0.29) is 35.9 Å². The Morgan fingerprint density at radius 2 is 1.51 bits per heavy atom. The normalized spacial score (nSPS) is 17.3. The Bertz CT molecular complexity index is 1350. The topological polar surface area (TPSA) is 209 Å². The van der Waals surface area contributed by atoms with Crippen molar-refractivity contribution < 1.29 is 43.4 Å². The number of nitrogens with one attached hydrogen (secondary N) is 5. The maximum atomic E-state index is 13.8. The molecular formula is C35H51N5O9S2. The third kappa shape index (κ3) is 14.0. The molecule has 0 bridgehead atoms. The van der Waals surface area contributed by atoms with E-state index in [4.69, 9.17) is 4.74 Å². The lowest BCUT2D eigenvalue weighted by molar-refractivity contribution is -0.142. The highest BCUT2D eigenvalue weighted by Crippen LogP contribution is 2.35. The Balaban J connectivity index is 1.68. The number of aliphatic carboxylic acids is 1. The van der Waals surface area contributed by atoms with E-state index in [0.717, 1.165) is 43.6 Å². The van der Waals surface area contributed by atoms with Gasteiger partial charge in [-0.25, -0.2) is 9.59 Å². The van der Waals surface area contributed by atoms with Gasteiger partial charge in [0, 0.05) is 11.5 Å². The maximum absolute atomic E-state index is 13.8. The fourth-order valence-electron chi connectivity index (χ4n) is 5.89. The molecule has 1 aromatic rings. The number of carboxylic acid groups (broad SMARTS) is 1. The number of alkyl carbamates (subject to hydrolysis) is 1. The van der Waals surface area contributed by atoms with Crippen molar-refractivity contribution in [3.8, 4) is 0 Å². The van der Waals surface area contributed by atoms with Gasteiger partial charge in [0.05, 0.1) is 23.8 Å². The van der Waals surface area contributed by atoms with Crippen molar-refractivity contribution in [3.05, 3.63) is 35.9 Å². The predicted molar refractivity (Wildman–Crippen MR) is 195 cm³/mol. The highest BCUT2D eigenvalue weighted by molar-refractivity contribution is 8.20. The minimum atomic E-state index is -1.36. The third-order valence-corrected chi connectivity index (χ3v) is 11.6. The van der Waals surface area contributed by atoms with E-state index < -0.39 is 72.2 Å². The lowest BCUT2D eigenvalue weighted by atomic mass is 9.83. The van der Waals surface area contributed by atoms with E-state index in [2.05, 4.69) is 26.6 Å². The van der Waals surface area contributed by atoms with Crippen molar-refractivity contribution in [2.45, 2.75) is 101 Å². The van der Waals surface area contributed by atoms with Crippen molar-refractivity contribution in [2.75, 3.05) is 24.7 Å². The van der Waals surface area contributed by atoms with E-state index >= 15 is 0 Å². The first-order valence-electron chi connectivity index (χ1n) is 17.6. The van der Waals surface area contributed by atoms with E-state index in [9.17, 15) is 38.7 Å². The van der Waals surface area contributed by atoms with E-state index in [1.165, 1.54) is 12.1 Å². The van der Waals surface area contributed by atoms with Crippen LogP contribution in [-0.4, -0.2) is 93.9 Å². The molecule has 2 fully saturated rings. The fraction of sp³-hybridized carbons (Fsp3) is 0.629. The number of hydrogen-bond donors (Lipinski definition) is 6. The first-order chi connectivity index (χ1) is 24.4. The van der Waals surface area contributed by atoms with Crippen LogP contribution in [0.2, 0.25) is 0 Å². The Kier molecular flexibility index (Phi) is 17.6. The highest BCUT2D eigenvalue weighted by atomic mass is 32.2. The molecule has 6 N–H and O–H groups in total. The molecule has 16 heteroatoms. The number of rotatable bonds is 19. The molecule has 3 rings (SSSR count). The van der Waals surface area contributed by atoms with E-state index in [1.807, 2.05) is 13.8 Å². The SMILES string of the molecule is CCCC(NC(=O)C(CC1SCCS1)NC(=O)C(NC(=O)OCC(C)C)C1CCCCC1)C(=O)C(=O)NCC(=O)NC(C(=O)O)c1ccccc1. The lowest BCUT2D eigenvalue weighted by Gasteiger charge is -2.31. The molecule has 1 saturated heterocycles. The van der Waals surface area contributed by atoms with Gasteiger partial charge in [0.1, 0.15) is 12.1 Å². The summed E-state index contributed by atoms with van der Waals surface area (Å²) < 4.78 is 5.31. The zero-order chi connectivity index (χ0) is 37.3. The fourth-order valence-corrected chi connectivity index (χ4v) is 8.80. The van der Waals surface area contributed by atoms with Crippen LogP contribution in [0.3, 0.4) is 0 Å². The Hall–Kier alpha value is -3.79. The summed E-state index contributed by atoms with van der Waals surface area (Å²) in [5.41, 5.74) is 0.328. The number of ketones is 1. The molecular weight excluding hydrogens is 699 g/mol. The summed E-state index contributed by atoms with van der Waals surface area (Å²) in [4.78, 5) is 90.7. The van der Waals surface area contributed by atoms with Gasteiger partial charge in [-0.15, -0.1) is 23.5 Å². The largest absolute Gasteiger partial charge is 0.479 e. The summed E-state index contributed by atoms with van der Waals surface area (Å²) in [5.74, 6) is -3.67. The number of carbonyl (C=O) groups is 7. The molecule has 4 atom stereocenters. The first kappa shape index (κ1) is 41.6. The van der Waals surface area contributed by atoms with Gasteiger partial charge in [0.25, 0.3) is 5.91 Å². The van der Waals surface area contributed by atoms with Crippen LogP contribution in [0.5, 0.6) is 0 Å². The van der Waals surface area contributed by atoms with Gasteiger partial charge in [-0.3, -0.25) is 24.0 Å². The van der Waals surface area contributed by atoms with Gasteiger partial charge >= 0.3 is 12.1 Å². The van der Waals surface area contributed by atoms with Crippen LogP contribution in [-0.2, 0) is 33.5 Å². The van der Waals surface area contributed by atoms with Crippen LogP contribution in [0, 0.1) is 11.8 Å². The highest BCUT2D eigenvalue weighted by Gasteiger charge is 2.37. The number of ether oxygens (including phenoxy) is 1. The molecule has 0 radical (unpaired) electrons. The minimum absolute atomic E-state index is 0.00537. The second-order valence-electron chi connectivity index (χ2n) is 13.1. The van der Waals surface area contributed by atoms with Crippen LogP contribution in [0.15, 0.2) is 30.3 Å². The van der Waals surface area contributed by atoms with Crippen LogP contribution < -0.4 is 26.6 Å². The first-order valence-corrected chi connectivity index (χ1v) is 19.7. The number of amides is 5. The lowest BCUT2D eigenvalue weighted by Crippen LogP contribution is -2.58. The molecule has 4 unspecified atom stereocenters. The minimum Gasteiger partial charge on any atom is -0.479 e. The van der Waals surface area contributed by atoms with Crippen LogP contribution in [0.4, 0.5) is 4.79 Å². The third-order valence-electron chi connectivity index (χ3n) is 8.51. The summed E-state index contributed by atoms with van der Waals surface area (Å²) in [6.07, 6.45) is 4.42. The zero-order valence-corrected chi connectivity index (χ0v) is 31.1. The molecule has 14 nitrogen and oxygen atoms in total. The van der Waals surface area contributed by atoms with Crippen molar-refractivity contribution >= 4 is 65.0 Å². The van der Waals surface area contributed by atoms with Crippen molar-refractivity contribution in [2.24, 2.45) is 11.8 Å². The van der Waals surface area contributed by atoms with Gasteiger partial charge in [0.15, 0.2) is 6.04 Å². The van der Waals surface area contributed by atoms with E-state index in [0.29, 0.717) is 12.0 Å². The molecule has 1 aromatic carbocycles. The predicted octanol–water partition coefficient (Wildman–Crippen LogP) is 2.91. The molecule has 1 aliphatic carbocycles. The number of carbonyl (C=O) groups excluding carboxylic acids is 6. The quantitative estimate of drug-likeness (QED) is 0.113. The van der Waals surface area contributed by atoms with Crippen molar-refractivity contribution in [1.29, 1.82) is 0 Å². The van der Waals surface area contributed by atoms with Gasteiger partial charge in [0.2, 0.25) is 23.5 Å². The second-order valence-corrected chi connectivity index (χ2v) is 16.0. The molecule has 2 aliphatic rings. The summed E-state index contributed by atoms with van der Waals surface area (Å²) in [6.45, 7) is 5.10. The second kappa shape index (κ2) is 21.5. The summed E-state index contributed by atoms with van der Waals surface area (Å²) in [5, 5.41) is 22.4. The van der Waals surface area contributed by atoms with Gasteiger partial charge in [-0.1, -0.05) is 76.8 Å². The monoisotopic (exact) mass is 749 g/mol. The van der Waals surface area contributed by atoms with Gasteiger partial charge in [-0.05, 0) is 43.1 Å². The average Bonchev–Trinajstić information content (AvgIpc) is 3.64. The molecule has 282 valence electrons. The summed E-state index contributed by atoms with van der Waals surface area (Å²) >= 11 is 3.32. The molecule has 5 amide bonds. The number of hydrogen-bond acceptors (Lipinski definition) is 10. The molecule has 1 heterocycles. The number of carboxylic acids is 1. The molecule has 0 aromatic heterocycles. The van der Waals surface area contributed by atoms with Crippen LogP contribution >= 0.6 is 23.5 Å². The van der Waals surface area contributed by atoms with Gasteiger partial charge < -0.3 is 36.4 Å². The molecule has 1 aliphatic heterocycles. The molecule has 0 spiro atoms.